The number of ether oxygens (including phenoxy) is 1. The van der Waals surface area contributed by atoms with Gasteiger partial charge in [0.25, 0.3) is 5.91 Å². The van der Waals surface area contributed by atoms with Gasteiger partial charge in [0.1, 0.15) is 11.6 Å². The lowest BCUT2D eigenvalue weighted by atomic mass is 10.0. The maximum Gasteiger partial charge on any atom is 0.265 e. The van der Waals surface area contributed by atoms with E-state index in [0.29, 0.717) is 16.6 Å². The second-order valence-electron chi connectivity index (χ2n) is 7.76. The number of pyridine rings is 1. The average molecular weight is 489 g/mol. The molecule has 170 valence electrons. The average Bonchev–Trinajstić information content (AvgIpc) is 3.39. The minimum atomic E-state index is -0.181. The second kappa shape index (κ2) is 9.29. The number of thiazole rings is 1. The van der Waals surface area contributed by atoms with E-state index in [1.54, 1.807) is 30.6 Å². The molecule has 1 amide bonds. The van der Waals surface area contributed by atoms with Crippen molar-refractivity contribution >= 4 is 39.6 Å². The Balaban J connectivity index is 1.39. The van der Waals surface area contributed by atoms with Gasteiger partial charge in [-0.25, -0.2) is 9.97 Å². The molecule has 8 heteroatoms. The number of fused-ring (bicyclic) bond motifs is 1. The van der Waals surface area contributed by atoms with Gasteiger partial charge in [0.2, 0.25) is 0 Å². The van der Waals surface area contributed by atoms with Crippen LogP contribution in [0.15, 0.2) is 79.1 Å². The smallest absolute Gasteiger partial charge is 0.265 e. The van der Waals surface area contributed by atoms with Crippen LogP contribution in [0.2, 0.25) is 5.02 Å². The Morgan fingerprint density at radius 1 is 1.06 bits per heavy atom. The number of nitrogens with zero attached hydrogens (tertiary/aromatic N) is 4. The number of benzene rings is 2. The molecule has 0 fully saturated rings. The Morgan fingerprint density at radius 3 is 2.50 bits per heavy atom. The fourth-order valence-corrected chi connectivity index (χ4v) is 4.62. The molecule has 0 aliphatic heterocycles. The number of likely N-dealkylation sites (N-methyl/N-ethyl adjacent to an activating group) is 1. The van der Waals surface area contributed by atoms with E-state index in [-0.39, 0.29) is 12.5 Å². The van der Waals surface area contributed by atoms with Crippen LogP contribution in [0.3, 0.4) is 0 Å². The minimum Gasteiger partial charge on any atom is -0.484 e. The van der Waals surface area contributed by atoms with Crippen molar-refractivity contribution in [2.45, 2.75) is 6.92 Å². The van der Waals surface area contributed by atoms with Gasteiger partial charge in [0.05, 0.1) is 11.4 Å². The van der Waals surface area contributed by atoms with Crippen molar-refractivity contribution in [1.82, 2.24) is 14.4 Å². The molecule has 0 atom stereocenters. The van der Waals surface area contributed by atoms with Crippen LogP contribution in [-0.4, -0.2) is 33.9 Å². The molecular formula is C26H21ClN4O2S. The Labute approximate surface area is 206 Å². The second-order valence-corrected chi connectivity index (χ2v) is 9.41. The Kier molecular flexibility index (Phi) is 6.04. The molecule has 5 rings (SSSR count). The van der Waals surface area contributed by atoms with E-state index in [9.17, 15) is 4.79 Å². The van der Waals surface area contributed by atoms with Crippen LogP contribution in [0.5, 0.6) is 5.75 Å². The fraction of sp³-hybridized carbons (Fsp3) is 0.115. The zero-order valence-corrected chi connectivity index (χ0v) is 20.2. The van der Waals surface area contributed by atoms with Crippen molar-refractivity contribution in [3.63, 3.8) is 0 Å². The molecular weight excluding hydrogens is 468 g/mol. The molecule has 0 saturated heterocycles. The summed E-state index contributed by atoms with van der Waals surface area (Å²) in [5, 5.41) is 0.687. The molecule has 3 aromatic heterocycles. The van der Waals surface area contributed by atoms with Crippen LogP contribution >= 0.6 is 22.9 Å². The summed E-state index contributed by atoms with van der Waals surface area (Å²) in [6.45, 7) is 1.99. The summed E-state index contributed by atoms with van der Waals surface area (Å²) in [5.74, 6) is 1.01. The number of amides is 1. The largest absolute Gasteiger partial charge is 0.484 e. The number of carbonyl (C=O) groups excluding carboxylic acids is 1. The quantitative estimate of drug-likeness (QED) is 0.288. The van der Waals surface area contributed by atoms with Gasteiger partial charge in [-0.15, -0.1) is 11.3 Å². The minimum absolute atomic E-state index is 0.0803. The van der Waals surface area contributed by atoms with Crippen LogP contribution in [0.25, 0.3) is 27.5 Å². The summed E-state index contributed by atoms with van der Waals surface area (Å²) in [4.78, 5) is 25.2. The van der Waals surface area contributed by atoms with Gasteiger partial charge in [0, 0.05) is 40.5 Å². The van der Waals surface area contributed by atoms with Crippen LogP contribution in [0, 0.1) is 6.92 Å². The van der Waals surface area contributed by atoms with Crippen molar-refractivity contribution in [1.29, 1.82) is 0 Å². The molecule has 0 bridgehead atoms. The molecule has 34 heavy (non-hydrogen) atoms. The molecule has 5 aromatic rings. The molecule has 0 N–H and O–H groups in total. The number of aryl methyl sites for hydroxylation is 1. The first-order valence-corrected chi connectivity index (χ1v) is 11.8. The van der Waals surface area contributed by atoms with E-state index in [0.717, 1.165) is 27.5 Å². The summed E-state index contributed by atoms with van der Waals surface area (Å²) in [7, 11) is 1.68. The van der Waals surface area contributed by atoms with E-state index in [2.05, 4.69) is 22.5 Å². The summed E-state index contributed by atoms with van der Waals surface area (Å²) < 4.78 is 7.86. The lowest BCUT2D eigenvalue weighted by Gasteiger charge is -2.16. The van der Waals surface area contributed by atoms with Crippen LogP contribution in [-0.2, 0) is 4.79 Å². The number of rotatable bonds is 6. The van der Waals surface area contributed by atoms with Gasteiger partial charge >= 0.3 is 0 Å². The number of imidazole rings is 1. The first kappa shape index (κ1) is 22.1. The molecule has 2 aromatic carbocycles. The lowest BCUT2D eigenvalue weighted by Crippen LogP contribution is -2.31. The maximum atomic E-state index is 12.5. The Bertz CT molecular complexity index is 1440. The van der Waals surface area contributed by atoms with Gasteiger partial charge in [-0.1, -0.05) is 29.8 Å². The number of hydrogen-bond donors (Lipinski definition) is 0. The molecule has 3 heterocycles. The summed E-state index contributed by atoms with van der Waals surface area (Å²) in [6, 6.07) is 20.8. The van der Waals surface area contributed by atoms with Crippen LogP contribution < -0.4 is 9.64 Å². The molecule has 0 spiro atoms. The highest BCUT2D eigenvalue weighted by Crippen LogP contribution is 2.36. The highest BCUT2D eigenvalue weighted by Gasteiger charge is 2.18. The Morgan fingerprint density at radius 2 is 1.79 bits per heavy atom. The Hall–Kier alpha value is -3.68. The predicted molar refractivity (Wildman–Crippen MR) is 137 cm³/mol. The number of halogens is 1. The topological polar surface area (TPSA) is 59.7 Å². The number of hydrogen-bond acceptors (Lipinski definition) is 5. The predicted octanol–water partition coefficient (Wildman–Crippen LogP) is 6.13. The van der Waals surface area contributed by atoms with Gasteiger partial charge in [-0.05, 0) is 55.5 Å². The van der Waals surface area contributed by atoms with Crippen molar-refractivity contribution in [2.24, 2.45) is 0 Å². The third-order valence-corrected chi connectivity index (χ3v) is 6.57. The third kappa shape index (κ3) is 4.40. The first-order valence-electron chi connectivity index (χ1n) is 10.6. The highest BCUT2D eigenvalue weighted by atomic mass is 35.5. The molecule has 0 aliphatic carbocycles. The summed E-state index contributed by atoms with van der Waals surface area (Å²) in [6.07, 6.45) is 3.75. The van der Waals surface area contributed by atoms with E-state index in [4.69, 9.17) is 21.3 Å². The van der Waals surface area contributed by atoms with Gasteiger partial charge in [-0.2, -0.15) is 0 Å². The van der Waals surface area contributed by atoms with Crippen molar-refractivity contribution in [3.05, 3.63) is 89.0 Å². The van der Waals surface area contributed by atoms with E-state index < -0.39 is 0 Å². The van der Waals surface area contributed by atoms with E-state index in [1.807, 2.05) is 60.7 Å². The third-order valence-electron chi connectivity index (χ3n) is 5.42. The number of anilines is 1. The van der Waals surface area contributed by atoms with Gasteiger partial charge in [0.15, 0.2) is 11.6 Å². The maximum absolute atomic E-state index is 12.5. The fourth-order valence-electron chi connectivity index (χ4n) is 3.67. The zero-order chi connectivity index (χ0) is 23.7. The normalized spacial score (nSPS) is 11.0. The molecule has 0 radical (unpaired) electrons. The zero-order valence-electron chi connectivity index (χ0n) is 18.6. The van der Waals surface area contributed by atoms with Crippen molar-refractivity contribution in [2.75, 3.05) is 18.6 Å². The first-order chi connectivity index (χ1) is 16.5. The van der Waals surface area contributed by atoms with Crippen LogP contribution in [0.4, 0.5) is 5.82 Å². The van der Waals surface area contributed by atoms with Gasteiger partial charge < -0.3 is 4.74 Å². The van der Waals surface area contributed by atoms with E-state index >= 15 is 0 Å². The standard InChI is InChI=1S/C26H21ClN4O2S/c1-17-15-31-25(24(29-26(31)34-17)18-6-10-20(27)11-7-18)19-8-12-21(13-9-19)33-16-23(32)30(2)22-5-3-4-14-28-22/h3-15H,16H2,1-2H3. The molecule has 6 nitrogen and oxygen atoms in total. The molecule has 0 saturated carbocycles. The summed E-state index contributed by atoms with van der Waals surface area (Å²) >= 11 is 7.74. The number of aromatic nitrogens is 3. The lowest BCUT2D eigenvalue weighted by molar-refractivity contribution is -0.120. The molecule has 0 aliphatic rings. The summed E-state index contributed by atoms with van der Waals surface area (Å²) in [5.41, 5.74) is 3.89. The SMILES string of the molecule is Cc1cn2c(-c3ccc(OCC(=O)N(C)c4ccccn4)cc3)c(-c3ccc(Cl)cc3)nc2s1. The highest BCUT2D eigenvalue weighted by molar-refractivity contribution is 7.17. The monoisotopic (exact) mass is 488 g/mol. The van der Waals surface area contributed by atoms with Crippen LogP contribution in [0.1, 0.15) is 4.88 Å². The van der Waals surface area contributed by atoms with Gasteiger partial charge in [-0.3, -0.25) is 14.1 Å². The van der Waals surface area contributed by atoms with Crippen molar-refractivity contribution < 1.29 is 9.53 Å². The van der Waals surface area contributed by atoms with Crippen molar-refractivity contribution in [3.8, 4) is 28.3 Å². The molecule has 0 unspecified atom stereocenters. The number of carbonyl (C=O) groups is 1. The van der Waals surface area contributed by atoms with E-state index in [1.165, 1.54) is 9.78 Å².